The van der Waals surface area contributed by atoms with Crippen LogP contribution in [0.4, 0.5) is 4.79 Å². The summed E-state index contributed by atoms with van der Waals surface area (Å²) in [4.78, 5) is 23.3. The maximum atomic E-state index is 12.0. The van der Waals surface area contributed by atoms with Gasteiger partial charge in [0.1, 0.15) is 0 Å². The third-order valence-corrected chi connectivity index (χ3v) is 4.96. The molecule has 0 spiro atoms. The molecule has 1 fully saturated rings. The second-order valence-electron chi connectivity index (χ2n) is 6.55. The third kappa shape index (κ3) is 3.64. The van der Waals surface area contributed by atoms with Crippen LogP contribution in [-0.4, -0.2) is 29.7 Å². The predicted molar refractivity (Wildman–Crippen MR) is 78.6 cm³/mol. The molecule has 0 aromatic carbocycles. The van der Waals surface area contributed by atoms with Gasteiger partial charge in [0.2, 0.25) is 0 Å². The van der Waals surface area contributed by atoms with Crippen molar-refractivity contribution in [3.05, 3.63) is 0 Å². The molecule has 0 bridgehead atoms. The molecular formula is C15H28N2O3. The minimum atomic E-state index is -0.859. The summed E-state index contributed by atoms with van der Waals surface area (Å²) in [7, 11) is 0. The third-order valence-electron chi connectivity index (χ3n) is 4.96. The minimum Gasteiger partial charge on any atom is -0.481 e. The molecule has 2 amide bonds. The topological polar surface area (TPSA) is 78.4 Å². The lowest BCUT2D eigenvalue weighted by atomic mass is 9.82. The molecule has 3 N–H and O–H groups in total. The quantitative estimate of drug-likeness (QED) is 0.701. The number of amides is 2. The number of carboxylic acid groups (broad SMARTS) is 1. The molecule has 1 saturated carbocycles. The Hall–Kier alpha value is -1.26. The number of urea groups is 1. The highest BCUT2D eigenvalue weighted by Crippen LogP contribution is 2.37. The Labute approximate surface area is 121 Å². The van der Waals surface area contributed by atoms with Crippen LogP contribution in [-0.2, 0) is 4.79 Å². The Kier molecular flexibility index (Phi) is 5.42. The van der Waals surface area contributed by atoms with Crippen LogP contribution in [0.2, 0.25) is 0 Å². The van der Waals surface area contributed by atoms with E-state index in [2.05, 4.69) is 24.5 Å². The Balaban J connectivity index is 2.52. The van der Waals surface area contributed by atoms with Gasteiger partial charge in [-0.05, 0) is 31.1 Å². The molecule has 5 heteroatoms. The first kappa shape index (κ1) is 16.8. The van der Waals surface area contributed by atoms with Crippen LogP contribution < -0.4 is 10.6 Å². The monoisotopic (exact) mass is 284 g/mol. The second kappa shape index (κ2) is 6.46. The van der Waals surface area contributed by atoms with E-state index in [9.17, 15) is 14.7 Å². The summed E-state index contributed by atoms with van der Waals surface area (Å²) in [5.41, 5.74) is -0.737. The van der Waals surface area contributed by atoms with E-state index in [1.54, 1.807) is 0 Å². The summed E-state index contributed by atoms with van der Waals surface area (Å²) in [5.74, 6) is -0.844. The molecule has 0 heterocycles. The number of rotatable bonds is 6. The van der Waals surface area contributed by atoms with Crippen molar-refractivity contribution in [1.82, 2.24) is 10.6 Å². The smallest absolute Gasteiger partial charge is 0.315 e. The zero-order chi connectivity index (χ0) is 15.4. The lowest BCUT2D eigenvalue weighted by molar-refractivity contribution is -0.149. The number of carbonyl (C=O) groups is 2. The molecule has 1 aliphatic rings. The molecular weight excluding hydrogens is 256 g/mol. The maximum Gasteiger partial charge on any atom is 0.315 e. The molecule has 5 nitrogen and oxygen atoms in total. The normalized spacial score (nSPS) is 21.5. The van der Waals surface area contributed by atoms with E-state index in [-0.39, 0.29) is 24.0 Å². The zero-order valence-electron chi connectivity index (χ0n) is 13.1. The Bertz CT molecular complexity index is 362. The van der Waals surface area contributed by atoms with Crippen molar-refractivity contribution in [3.8, 4) is 0 Å². The van der Waals surface area contributed by atoms with Gasteiger partial charge in [0, 0.05) is 12.6 Å². The number of nitrogens with one attached hydrogen (secondary N) is 2. The van der Waals surface area contributed by atoms with Gasteiger partial charge in [0.15, 0.2) is 0 Å². The number of carboxylic acids is 1. The Morgan fingerprint density at radius 1 is 1.30 bits per heavy atom. The summed E-state index contributed by atoms with van der Waals surface area (Å²) in [6, 6.07) is -0.0810. The van der Waals surface area contributed by atoms with E-state index in [1.807, 2.05) is 13.8 Å². The van der Waals surface area contributed by atoms with Crippen molar-refractivity contribution in [3.63, 3.8) is 0 Å². The standard InChI is InChI=1S/C15H28N2O3/c1-5-15(6-2,12(18)19)10-16-13(20)17-11-8-7-9-14(11,3)4/h11H,5-10H2,1-4H3,(H,18,19)(H2,16,17,20). The van der Waals surface area contributed by atoms with Crippen LogP contribution in [0.25, 0.3) is 0 Å². The number of aliphatic carboxylic acids is 1. The molecule has 0 aliphatic heterocycles. The average Bonchev–Trinajstić information content (AvgIpc) is 2.70. The summed E-state index contributed by atoms with van der Waals surface area (Å²) < 4.78 is 0. The van der Waals surface area contributed by atoms with Crippen LogP contribution in [0, 0.1) is 10.8 Å². The average molecular weight is 284 g/mol. The number of carbonyl (C=O) groups excluding carboxylic acids is 1. The van der Waals surface area contributed by atoms with E-state index in [4.69, 9.17) is 0 Å². The van der Waals surface area contributed by atoms with Gasteiger partial charge in [-0.15, -0.1) is 0 Å². The summed E-state index contributed by atoms with van der Waals surface area (Å²) in [5, 5.41) is 15.1. The molecule has 0 radical (unpaired) electrons. The molecule has 116 valence electrons. The van der Waals surface area contributed by atoms with Gasteiger partial charge < -0.3 is 15.7 Å². The summed E-state index contributed by atoms with van der Waals surface area (Å²) in [6.07, 6.45) is 4.25. The molecule has 20 heavy (non-hydrogen) atoms. The van der Waals surface area contributed by atoms with Crippen LogP contribution >= 0.6 is 0 Å². The lowest BCUT2D eigenvalue weighted by Gasteiger charge is -2.30. The fourth-order valence-electron chi connectivity index (χ4n) is 2.93. The molecule has 1 unspecified atom stereocenters. The Morgan fingerprint density at radius 3 is 2.30 bits per heavy atom. The van der Waals surface area contributed by atoms with Gasteiger partial charge in [-0.3, -0.25) is 4.79 Å². The van der Waals surface area contributed by atoms with Crippen LogP contribution in [0.3, 0.4) is 0 Å². The minimum absolute atomic E-state index is 0.122. The van der Waals surface area contributed by atoms with Crippen molar-refractivity contribution in [2.45, 2.75) is 65.8 Å². The fourth-order valence-corrected chi connectivity index (χ4v) is 2.93. The molecule has 1 rings (SSSR count). The first-order valence-corrected chi connectivity index (χ1v) is 7.55. The van der Waals surface area contributed by atoms with Gasteiger partial charge in [0.05, 0.1) is 5.41 Å². The highest BCUT2D eigenvalue weighted by molar-refractivity contribution is 5.78. The summed E-state index contributed by atoms with van der Waals surface area (Å²) in [6.45, 7) is 8.18. The molecule has 0 saturated heterocycles. The zero-order valence-corrected chi connectivity index (χ0v) is 13.1. The van der Waals surface area contributed by atoms with Crippen molar-refractivity contribution in [2.24, 2.45) is 10.8 Å². The van der Waals surface area contributed by atoms with E-state index >= 15 is 0 Å². The van der Waals surface area contributed by atoms with Crippen molar-refractivity contribution >= 4 is 12.0 Å². The Morgan fingerprint density at radius 2 is 1.90 bits per heavy atom. The maximum absolute atomic E-state index is 12.0. The van der Waals surface area contributed by atoms with E-state index < -0.39 is 11.4 Å². The van der Waals surface area contributed by atoms with Gasteiger partial charge in [-0.2, -0.15) is 0 Å². The van der Waals surface area contributed by atoms with Gasteiger partial charge in [-0.25, -0.2) is 4.79 Å². The van der Waals surface area contributed by atoms with Gasteiger partial charge >= 0.3 is 12.0 Å². The highest BCUT2D eigenvalue weighted by atomic mass is 16.4. The van der Waals surface area contributed by atoms with E-state index in [0.717, 1.165) is 19.3 Å². The van der Waals surface area contributed by atoms with E-state index in [0.29, 0.717) is 12.8 Å². The molecule has 1 atom stereocenters. The number of hydrogen-bond acceptors (Lipinski definition) is 2. The first-order valence-electron chi connectivity index (χ1n) is 7.55. The fraction of sp³-hybridized carbons (Fsp3) is 0.867. The van der Waals surface area contributed by atoms with Gasteiger partial charge in [0.25, 0.3) is 0 Å². The molecule has 0 aromatic heterocycles. The predicted octanol–water partition coefficient (Wildman–Crippen LogP) is 2.76. The second-order valence-corrected chi connectivity index (χ2v) is 6.55. The van der Waals surface area contributed by atoms with Crippen molar-refractivity contribution < 1.29 is 14.7 Å². The summed E-state index contributed by atoms with van der Waals surface area (Å²) >= 11 is 0. The highest BCUT2D eigenvalue weighted by Gasteiger charge is 2.37. The van der Waals surface area contributed by atoms with Crippen LogP contribution in [0.15, 0.2) is 0 Å². The SMILES string of the molecule is CCC(CC)(CNC(=O)NC1CCCC1(C)C)C(=O)O. The van der Waals surface area contributed by atoms with Gasteiger partial charge in [-0.1, -0.05) is 34.1 Å². The molecule has 1 aliphatic carbocycles. The molecule has 0 aromatic rings. The van der Waals surface area contributed by atoms with Crippen molar-refractivity contribution in [1.29, 1.82) is 0 Å². The van der Waals surface area contributed by atoms with Crippen LogP contribution in [0.5, 0.6) is 0 Å². The van der Waals surface area contributed by atoms with E-state index in [1.165, 1.54) is 0 Å². The van der Waals surface area contributed by atoms with Crippen molar-refractivity contribution in [2.75, 3.05) is 6.54 Å². The lowest BCUT2D eigenvalue weighted by Crippen LogP contribution is -2.50. The number of hydrogen-bond donors (Lipinski definition) is 3. The van der Waals surface area contributed by atoms with Crippen LogP contribution in [0.1, 0.15) is 59.8 Å². The first-order chi connectivity index (χ1) is 9.27. The largest absolute Gasteiger partial charge is 0.481 e.